The molecule has 0 bridgehead atoms. The van der Waals surface area contributed by atoms with Crippen LogP contribution in [-0.4, -0.2) is 19.2 Å². The topological polar surface area (TPSA) is 80.3 Å². The molecule has 1 unspecified atom stereocenters. The third kappa shape index (κ3) is 2.53. The first-order valence-electron chi connectivity index (χ1n) is 6.00. The number of ether oxygens (including phenoxy) is 2. The van der Waals surface area contributed by atoms with E-state index in [1.54, 1.807) is 14.2 Å². The van der Waals surface area contributed by atoms with Gasteiger partial charge in [0.2, 0.25) is 0 Å². The summed E-state index contributed by atoms with van der Waals surface area (Å²) in [6.45, 7) is 0. The number of rotatable bonds is 3. The lowest BCUT2D eigenvalue weighted by atomic mass is 9.91. The quantitative estimate of drug-likeness (QED) is 0.649. The second kappa shape index (κ2) is 5.80. The summed E-state index contributed by atoms with van der Waals surface area (Å²) in [4.78, 5) is 0.321. The summed E-state index contributed by atoms with van der Waals surface area (Å²) in [7, 11) is 3.17. The number of methoxy groups -OCH3 is 2. The van der Waals surface area contributed by atoms with E-state index in [4.69, 9.17) is 32.7 Å². The lowest BCUT2D eigenvalue weighted by molar-refractivity contribution is 0.353. The summed E-state index contributed by atoms with van der Waals surface area (Å²) in [5, 5.41) is 12.0. The number of nitrogens with one attached hydrogen (secondary N) is 1. The van der Waals surface area contributed by atoms with Gasteiger partial charge in [-0.15, -0.1) is 0 Å². The zero-order valence-electron chi connectivity index (χ0n) is 11.3. The van der Waals surface area contributed by atoms with Crippen molar-refractivity contribution in [3.05, 3.63) is 35.0 Å². The standard InChI is InChI=1S/C14H15N3O2S/c1-18-11-6-8-5-9(3-4-15)17-13(14(16)20)10(8)7-12(11)19-2/h3,6-7,13,17H,5H2,1-2H3,(H2,16,20). The minimum Gasteiger partial charge on any atom is -0.493 e. The smallest absolute Gasteiger partial charge is 0.161 e. The van der Waals surface area contributed by atoms with E-state index in [0.29, 0.717) is 22.9 Å². The van der Waals surface area contributed by atoms with Crippen molar-refractivity contribution in [3.63, 3.8) is 0 Å². The van der Waals surface area contributed by atoms with E-state index in [1.807, 2.05) is 18.2 Å². The highest BCUT2D eigenvalue weighted by Gasteiger charge is 2.26. The summed E-state index contributed by atoms with van der Waals surface area (Å²) in [6.07, 6.45) is 2.06. The number of thiocarbonyl (C=S) groups is 1. The molecular weight excluding hydrogens is 274 g/mol. The fraction of sp³-hybridized carbons (Fsp3) is 0.286. The van der Waals surface area contributed by atoms with Gasteiger partial charge in [0.1, 0.15) is 11.0 Å². The van der Waals surface area contributed by atoms with Gasteiger partial charge >= 0.3 is 0 Å². The van der Waals surface area contributed by atoms with Crippen molar-refractivity contribution >= 4 is 17.2 Å². The highest BCUT2D eigenvalue weighted by atomic mass is 32.1. The molecule has 6 heteroatoms. The maximum absolute atomic E-state index is 8.80. The minimum absolute atomic E-state index is 0.312. The summed E-state index contributed by atoms with van der Waals surface area (Å²) >= 11 is 5.10. The number of benzene rings is 1. The molecule has 1 atom stereocenters. The molecule has 104 valence electrons. The highest BCUT2D eigenvalue weighted by molar-refractivity contribution is 7.80. The maximum Gasteiger partial charge on any atom is 0.161 e. The SMILES string of the molecule is COc1cc2c(cc1OC)C(C(N)=S)NC(=CC#N)C2. The zero-order valence-corrected chi connectivity index (χ0v) is 12.1. The van der Waals surface area contributed by atoms with Gasteiger partial charge < -0.3 is 20.5 Å². The zero-order chi connectivity index (χ0) is 14.7. The third-order valence-corrected chi connectivity index (χ3v) is 3.43. The van der Waals surface area contributed by atoms with E-state index in [1.165, 1.54) is 6.08 Å². The van der Waals surface area contributed by atoms with Gasteiger partial charge in [0.25, 0.3) is 0 Å². The van der Waals surface area contributed by atoms with Crippen LogP contribution in [0, 0.1) is 11.3 Å². The highest BCUT2D eigenvalue weighted by Crippen LogP contribution is 2.36. The fourth-order valence-electron chi connectivity index (χ4n) is 2.27. The molecule has 1 heterocycles. The van der Waals surface area contributed by atoms with Crippen LogP contribution < -0.4 is 20.5 Å². The average molecular weight is 289 g/mol. The molecule has 1 aromatic rings. The number of hydrogen-bond donors (Lipinski definition) is 2. The van der Waals surface area contributed by atoms with Crippen LogP contribution in [0.5, 0.6) is 11.5 Å². The Morgan fingerprint density at radius 3 is 2.65 bits per heavy atom. The van der Waals surface area contributed by atoms with Crippen molar-refractivity contribution in [2.24, 2.45) is 5.73 Å². The Morgan fingerprint density at radius 1 is 1.45 bits per heavy atom. The number of nitrogens with zero attached hydrogens (tertiary/aromatic N) is 1. The van der Waals surface area contributed by atoms with Gasteiger partial charge in [-0.05, 0) is 23.3 Å². The van der Waals surface area contributed by atoms with E-state index in [-0.39, 0.29) is 6.04 Å². The van der Waals surface area contributed by atoms with Crippen LogP contribution in [-0.2, 0) is 6.42 Å². The second-order valence-corrected chi connectivity index (χ2v) is 4.83. The van der Waals surface area contributed by atoms with Gasteiger partial charge in [-0.3, -0.25) is 0 Å². The van der Waals surface area contributed by atoms with E-state index in [0.717, 1.165) is 16.8 Å². The van der Waals surface area contributed by atoms with Gasteiger partial charge in [-0.1, -0.05) is 12.2 Å². The number of nitriles is 1. The molecule has 0 amide bonds. The van der Waals surface area contributed by atoms with Crippen LogP contribution in [0.25, 0.3) is 0 Å². The molecule has 20 heavy (non-hydrogen) atoms. The molecule has 0 spiro atoms. The van der Waals surface area contributed by atoms with E-state index in [9.17, 15) is 0 Å². The predicted octanol–water partition coefficient (Wildman–Crippen LogP) is 1.58. The fourth-order valence-corrected chi connectivity index (χ4v) is 2.46. The predicted molar refractivity (Wildman–Crippen MR) is 79.6 cm³/mol. The van der Waals surface area contributed by atoms with E-state index >= 15 is 0 Å². The van der Waals surface area contributed by atoms with Crippen molar-refractivity contribution in [2.75, 3.05) is 14.2 Å². The second-order valence-electron chi connectivity index (χ2n) is 4.36. The monoisotopic (exact) mass is 289 g/mol. The molecule has 5 nitrogen and oxygen atoms in total. The average Bonchev–Trinajstić information content (AvgIpc) is 2.45. The van der Waals surface area contributed by atoms with Crippen molar-refractivity contribution in [3.8, 4) is 17.6 Å². The first-order chi connectivity index (χ1) is 9.60. The van der Waals surface area contributed by atoms with Crippen LogP contribution in [0.4, 0.5) is 0 Å². The molecular formula is C14H15N3O2S. The Bertz CT molecular complexity index is 620. The molecule has 1 aliphatic rings. The number of nitrogens with two attached hydrogens (primary N) is 1. The summed E-state index contributed by atoms with van der Waals surface area (Å²) in [5.74, 6) is 1.27. The Labute approximate surface area is 123 Å². The lowest BCUT2D eigenvalue weighted by Gasteiger charge is -2.29. The van der Waals surface area contributed by atoms with Gasteiger partial charge in [-0.25, -0.2) is 0 Å². The molecule has 0 aromatic heterocycles. The van der Waals surface area contributed by atoms with Gasteiger partial charge in [0.05, 0.1) is 20.3 Å². The maximum atomic E-state index is 8.80. The van der Waals surface area contributed by atoms with Crippen LogP contribution >= 0.6 is 12.2 Å². The number of hydrogen-bond acceptors (Lipinski definition) is 5. The van der Waals surface area contributed by atoms with E-state index in [2.05, 4.69) is 5.32 Å². The van der Waals surface area contributed by atoms with Crippen molar-refractivity contribution in [1.82, 2.24) is 5.32 Å². The first kappa shape index (κ1) is 14.2. The van der Waals surface area contributed by atoms with Gasteiger partial charge in [0.15, 0.2) is 11.5 Å². The Balaban J connectivity index is 2.57. The summed E-state index contributed by atoms with van der Waals surface area (Å²) in [6, 6.07) is 5.47. The largest absolute Gasteiger partial charge is 0.493 e. The normalized spacial score (nSPS) is 18.6. The van der Waals surface area contributed by atoms with Crippen LogP contribution in [0.2, 0.25) is 0 Å². The van der Waals surface area contributed by atoms with Crippen molar-refractivity contribution in [2.45, 2.75) is 12.5 Å². The first-order valence-corrected chi connectivity index (χ1v) is 6.40. The Kier molecular flexibility index (Phi) is 4.11. The Morgan fingerprint density at radius 2 is 2.10 bits per heavy atom. The third-order valence-electron chi connectivity index (χ3n) is 3.19. The molecule has 0 aliphatic carbocycles. The van der Waals surface area contributed by atoms with Crippen LogP contribution in [0.3, 0.4) is 0 Å². The van der Waals surface area contributed by atoms with E-state index < -0.39 is 0 Å². The molecule has 0 saturated carbocycles. The van der Waals surface area contributed by atoms with Crippen LogP contribution in [0.1, 0.15) is 17.2 Å². The molecule has 0 saturated heterocycles. The summed E-state index contributed by atoms with van der Waals surface area (Å²) in [5.41, 5.74) is 8.54. The molecule has 0 radical (unpaired) electrons. The lowest BCUT2D eigenvalue weighted by Crippen LogP contribution is -2.36. The summed E-state index contributed by atoms with van der Waals surface area (Å²) < 4.78 is 10.6. The van der Waals surface area contributed by atoms with Gasteiger partial charge in [0, 0.05) is 18.2 Å². The number of fused-ring (bicyclic) bond motifs is 1. The molecule has 0 fully saturated rings. The van der Waals surface area contributed by atoms with Crippen molar-refractivity contribution < 1.29 is 9.47 Å². The molecule has 1 aliphatic heterocycles. The van der Waals surface area contributed by atoms with Gasteiger partial charge in [-0.2, -0.15) is 5.26 Å². The Hall–Kier alpha value is -2.26. The van der Waals surface area contributed by atoms with Crippen LogP contribution in [0.15, 0.2) is 23.9 Å². The molecule has 3 N–H and O–H groups in total. The molecule has 2 rings (SSSR count). The number of allylic oxidation sites excluding steroid dienone is 2. The molecule has 1 aromatic carbocycles. The minimum atomic E-state index is -0.312. The van der Waals surface area contributed by atoms with Crippen molar-refractivity contribution in [1.29, 1.82) is 5.26 Å².